The van der Waals surface area contributed by atoms with Gasteiger partial charge >= 0.3 is 17.9 Å². The molecule has 6 amide bonds. The summed E-state index contributed by atoms with van der Waals surface area (Å²) < 4.78 is 37.2. The number of anilines is 6. The Kier molecular flexibility index (Phi) is 31.1. The van der Waals surface area contributed by atoms with Crippen LogP contribution >= 0.6 is 203 Å². The normalized spacial score (nSPS) is 14.8. The average molecular weight is 2210 g/mol. The summed E-state index contributed by atoms with van der Waals surface area (Å²) in [6, 6.07) is 0. The van der Waals surface area contributed by atoms with Gasteiger partial charge in [-0.3, -0.25) is 43.5 Å². The number of ether oxygens (including phenoxy) is 6. The number of benzene rings is 3. The fourth-order valence-corrected chi connectivity index (χ4v) is 22.0. The van der Waals surface area contributed by atoms with Crippen LogP contribution in [0.5, 0.6) is 0 Å². The first-order valence-electron chi connectivity index (χ1n) is 26.5. The molecule has 0 atom stereocenters. The largest absolute Gasteiger partial charge is 0.461 e. The third-order valence-electron chi connectivity index (χ3n) is 13.5. The van der Waals surface area contributed by atoms with Gasteiger partial charge in [0, 0.05) is 113 Å². The molecule has 3 heterocycles. The Morgan fingerprint density at radius 3 is 1.02 bits per heavy atom. The summed E-state index contributed by atoms with van der Waals surface area (Å²) in [4.78, 5) is 132. The van der Waals surface area contributed by atoms with E-state index in [1.807, 2.05) is 203 Å². The second-order valence-electron chi connectivity index (χ2n) is 19.3. The van der Waals surface area contributed by atoms with E-state index in [0.717, 1.165) is 0 Å². The van der Waals surface area contributed by atoms with E-state index in [1.165, 1.54) is 30.7 Å². The summed E-state index contributed by atoms with van der Waals surface area (Å²) in [6.45, 7) is 12.0. The lowest BCUT2D eigenvalue weighted by Crippen LogP contribution is -2.38. The van der Waals surface area contributed by atoms with Crippen molar-refractivity contribution in [2.75, 3.05) is 164 Å². The van der Waals surface area contributed by atoms with Gasteiger partial charge < -0.3 is 59.5 Å². The minimum absolute atomic E-state index is 0.0396. The smallest absolute Gasteiger partial charge is 0.340 e. The quantitative estimate of drug-likeness (QED) is 0.0373. The average Bonchev–Trinajstić information content (AvgIpc) is 0.865. The highest BCUT2D eigenvalue weighted by molar-refractivity contribution is 14.1. The van der Waals surface area contributed by atoms with Crippen molar-refractivity contribution < 1.29 is 71.6 Å². The maximum absolute atomic E-state index is 14.3. The summed E-state index contributed by atoms with van der Waals surface area (Å²) in [5, 5.41) is 11.4. The first-order valence-corrected chi connectivity index (χ1v) is 36.3. The van der Waals surface area contributed by atoms with Crippen LogP contribution in [-0.2, 0) is 57.2 Å². The summed E-state index contributed by atoms with van der Waals surface area (Å²) >= 11 is 17.8. The molecule has 3 aliphatic heterocycles. The Balaban J connectivity index is 1.21. The molecular formula is C53H60I9N9O15. The Morgan fingerprint density at radius 2 is 0.698 bits per heavy atom. The number of esters is 3. The van der Waals surface area contributed by atoms with Crippen LogP contribution in [0.1, 0.15) is 70.6 Å². The predicted octanol–water partition coefficient (Wildman–Crippen LogP) is 8.28. The van der Waals surface area contributed by atoms with Crippen molar-refractivity contribution >= 4 is 291 Å². The molecule has 0 aromatic heterocycles. The number of carbonyl (C=O) groups excluding carboxylic acids is 9. The fraction of sp³-hybridized carbons (Fsp3) is 0.491. The van der Waals surface area contributed by atoms with E-state index in [4.69, 9.17) is 28.4 Å². The van der Waals surface area contributed by atoms with E-state index >= 15 is 0 Å². The number of rotatable bonds is 24. The Bertz CT molecular complexity index is 3110. The van der Waals surface area contributed by atoms with Crippen LogP contribution < -0.4 is 31.1 Å². The van der Waals surface area contributed by atoms with Gasteiger partial charge in [0.2, 0.25) is 35.4 Å². The zero-order valence-corrected chi connectivity index (χ0v) is 66.2. The van der Waals surface area contributed by atoms with Crippen molar-refractivity contribution in [3.8, 4) is 0 Å². The molecule has 3 aromatic carbocycles. The Hall–Kier alpha value is -0.780. The van der Waals surface area contributed by atoms with E-state index in [0.29, 0.717) is 142 Å². The highest BCUT2D eigenvalue weighted by Gasteiger charge is 2.34. The van der Waals surface area contributed by atoms with Gasteiger partial charge in [-0.05, 0) is 203 Å². The molecule has 0 radical (unpaired) electrons. The minimum Gasteiger partial charge on any atom is -0.461 e. The van der Waals surface area contributed by atoms with E-state index < -0.39 is 47.4 Å². The van der Waals surface area contributed by atoms with Gasteiger partial charge in [-0.15, -0.1) is 0 Å². The van der Waals surface area contributed by atoms with Gasteiger partial charge in [-0.1, -0.05) is 0 Å². The lowest BCUT2D eigenvalue weighted by molar-refractivity contribution is -0.122. The van der Waals surface area contributed by atoms with Crippen molar-refractivity contribution in [3.05, 3.63) is 48.8 Å². The van der Waals surface area contributed by atoms with Gasteiger partial charge in [-0.2, -0.15) is 0 Å². The molecular weight excluding hydrogens is 2140 g/mol. The predicted molar refractivity (Wildman–Crippen MR) is 398 cm³/mol. The summed E-state index contributed by atoms with van der Waals surface area (Å²) in [5.41, 5.74) is 2.01. The molecule has 4 N–H and O–H groups in total. The van der Waals surface area contributed by atoms with Crippen LogP contribution in [0.2, 0.25) is 0 Å². The van der Waals surface area contributed by atoms with E-state index in [9.17, 15) is 43.2 Å². The van der Waals surface area contributed by atoms with Crippen molar-refractivity contribution in [1.29, 1.82) is 0 Å². The molecule has 0 unspecified atom stereocenters. The summed E-state index contributed by atoms with van der Waals surface area (Å²) in [5.74, 6) is -5.01. The molecule has 3 aromatic rings. The summed E-state index contributed by atoms with van der Waals surface area (Å²) in [6.07, 6.45) is -1.34. The van der Waals surface area contributed by atoms with Gasteiger partial charge in [0.1, 0.15) is 19.8 Å². The van der Waals surface area contributed by atoms with Crippen LogP contribution in [-0.4, -0.2) is 201 Å². The molecule has 0 saturated carbocycles. The van der Waals surface area contributed by atoms with Crippen LogP contribution in [0.25, 0.3) is 0 Å². The molecule has 6 rings (SSSR count). The molecule has 0 spiro atoms. The number of nitrogens with zero attached hydrogens (tertiary/aromatic N) is 5. The van der Waals surface area contributed by atoms with Gasteiger partial charge in [0.15, 0.2) is 0 Å². The number of carbonyl (C=O) groups is 9. The van der Waals surface area contributed by atoms with Crippen LogP contribution in [0, 0.1) is 32.1 Å². The third kappa shape index (κ3) is 20.1. The van der Waals surface area contributed by atoms with Crippen molar-refractivity contribution in [1.82, 2.24) is 14.7 Å². The highest BCUT2D eigenvalue weighted by Crippen LogP contribution is 2.44. The lowest BCUT2D eigenvalue weighted by Gasteiger charge is -2.27. The Labute approximate surface area is 620 Å². The molecule has 33 heteroatoms. The topological polar surface area (TPSA) is 273 Å². The zero-order valence-electron chi connectivity index (χ0n) is 46.8. The highest BCUT2D eigenvalue weighted by atomic mass is 127. The van der Waals surface area contributed by atoms with Crippen LogP contribution in [0.15, 0.2) is 0 Å². The number of amides is 6. The maximum atomic E-state index is 14.3. The molecule has 3 saturated heterocycles. The zero-order chi connectivity index (χ0) is 63.1. The first-order chi connectivity index (χ1) is 40.8. The standard InChI is InChI=1S/C53H60I9N9O15/c1-27(72)63-45-36(54)33(51(78)84-24-15-69-9-18-81-19-10-69)37(55)46(42(45)60)64-29(74)5-6-30(75)65-48-39(57)35(53(80)86-26-17-71-13-22-83-23-14-71)41(59)50(44(48)62)68(4)32(77)8-7-31(76)66-47-38(56)34(40(58)49(43(47)61)67(3)28(2)73)52(79)85-25-16-70-11-20-82-21-12-70/h5-26H2,1-4H3,(H,63,72)(H,64,74)(H,65,75)(H,66,76). The third-order valence-corrected chi connectivity index (χ3v) is 23.1. The van der Waals surface area contributed by atoms with E-state index in [-0.39, 0.29) is 90.9 Å². The maximum Gasteiger partial charge on any atom is 0.340 e. The number of hydrogen-bond donors (Lipinski definition) is 4. The fourth-order valence-electron chi connectivity index (χ4n) is 8.70. The van der Waals surface area contributed by atoms with E-state index in [2.05, 4.69) is 36.0 Å². The number of halogens is 9. The number of hydrogen-bond acceptors (Lipinski definition) is 18. The van der Waals surface area contributed by atoms with Crippen molar-refractivity contribution in [2.24, 2.45) is 0 Å². The second kappa shape index (κ2) is 36.0. The van der Waals surface area contributed by atoms with Crippen molar-refractivity contribution in [2.45, 2.75) is 39.5 Å². The second-order valence-corrected chi connectivity index (χ2v) is 29.0. The van der Waals surface area contributed by atoms with Gasteiger partial charge in [0.05, 0.1) is 123 Å². The molecule has 3 fully saturated rings. The molecule has 86 heavy (non-hydrogen) atoms. The lowest BCUT2D eigenvalue weighted by atomic mass is 10.1. The van der Waals surface area contributed by atoms with E-state index in [1.54, 1.807) is 7.05 Å². The number of morpholine rings is 3. The molecule has 3 aliphatic rings. The molecule has 24 nitrogen and oxygen atoms in total. The Morgan fingerprint density at radius 1 is 0.407 bits per heavy atom. The minimum atomic E-state index is -0.711. The van der Waals surface area contributed by atoms with Crippen molar-refractivity contribution in [3.63, 3.8) is 0 Å². The number of nitrogens with one attached hydrogen (secondary N) is 4. The molecule has 470 valence electrons. The monoisotopic (exact) mass is 2200 g/mol. The molecule has 0 aliphatic carbocycles. The van der Waals surface area contributed by atoms with Gasteiger partial charge in [-0.25, -0.2) is 14.4 Å². The van der Waals surface area contributed by atoms with Crippen LogP contribution in [0.4, 0.5) is 34.1 Å². The summed E-state index contributed by atoms with van der Waals surface area (Å²) in [7, 11) is 3.05. The van der Waals surface area contributed by atoms with Gasteiger partial charge in [0.25, 0.3) is 0 Å². The molecule has 0 bridgehead atoms. The first kappa shape index (κ1) is 74.3. The SMILES string of the molecule is CC(=O)Nc1c(I)c(NC(=O)CCC(=O)Nc2c(I)c(C(=O)OCCN3CCOCC3)c(I)c(N(C)C(=O)CCC(=O)Nc3c(I)c(C(=O)OCCN4CCOCC4)c(I)c(N(C)C(C)=O)c3I)c2I)c(I)c(C(=O)OCCN2CCOCC2)c1I. The van der Waals surface area contributed by atoms with Crippen LogP contribution in [0.3, 0.4) is 0 Å².